The molecule has 41 heavy (non-hydrogen) atoms. The van der Waals surface area contributed by atoms with Gasteiger partial charge in [-0.05, 0) is 66.6 Å². The Labute approximate surface area is 238 Å². The Hall–Kier alpha value is -4.19. The first-order chi connectivity index (χ1) is 19.7. The quantitative estimate of drug-likeness (QED) is 0.249. The lowest BCUT2D eigenvalue weighted by Gasteiger charge is -2.33. The van der Waals surface area contributed by atoms with Crippen molar-refractivity contribution in [2.45, 2.75) is 50.8 Å². The van der Waals surface area contributed by atoms with Crippen LogP contribution in [0.1, 0.15) is 46.3 Å². The summed E-state index contributed by atoms with van der Waals surface area (Å²) in [4.78, 5) is 33.3. The Morgan fingerprint density at radius 1 is 0.927 bits per heavy atom. The van der Waals surface area contributed by atoms with E-state index in [4.69, 9.17) is 0 Å². The van der Waals surface area contributed by atoms with Gasteiger partial charge in [-0.25, -0.2) is 0 Å². The van der Waals surface area contributed by atoms with Gasteiger partial charge < -0.3 is 10.1 Å². The fraction of sp³-hybridized carbons (Fsp3) is 0.310. The van der Waals surface area contributed by atoms with Crippen molar-refractivity contribution in [2.24, 2.45) is 5.92 Å². The first-order valence-electron chi connectivity index (χ1n) is 13.0. The number of carbonyl (C=O) groups is 2. The molecular formula is C29H26F3N5O3S. The van der Waals surface area contributed by atoms with Crippen LogP contribution < -0.4 is 10.1 Å². The average Bonchev–Trinajstić information content (AvgIpc) is 3.34. The van der Waals surface area contributed by atoms with E-state index < -0.39 is 6.36 Å². The molecule has 5 rings (SSSR count). The van der Waals surface area contributed by atoms with Gasteiger partial charge >= 0.3 is 6.36 Å². The Balaban J connectivity index is 1.04. The van der Waals surface area contributed by atoms with E-state index in [0.717, 1.165) is 29.8 Å². The number of nitrogens with one attached hydrogen (secondary N) is 1. The molecule has 212 valence electrons. The first-order valence-corrected chi connectivity index (χ1v) is 13.8. The maximum atomic E-state index is 12.5. The molecule has 0 radical (unpaired) electrons. The molecule has 4 aromatic rings. The van der Waals surface area contributed by atoms with Gasteiger partial charge in [0.1, 0.15) is 16.5 Å². The Kier molecular flexibility index (Phi) is 8.67. The van der Waals surface area contributed by atoms with Crippen molar-refractivity contribution in [3.05, 3.63) is 94.5 Å². The molecule has 0 spiro atoms. The molecule has 0 unspecified atom stereocenters. The van der Waals surface area contributed by atoms with Gasteiger partial charge in [-0.15, -0.1) is 23.4 Å². The number of rotatable bonds is 11. The SMILES string of the molecule is O=C(Cc1cccc(OC(F)(F)F)c1)Cc1ccc(CC2CC(c3nnc(NC(=O)Cc4ccccn4)s3)C2)cn1. The van der Waals surface area contributed by atoms with Crippen LogP contribution in [0.25, 0.3) is 0 Å². The van der Waals surface area contributed by atoms with E-state index in [1.807, 2.05) is 18.2 Å². The molecule has 1 aromatic carbocycles. The highest BCUT2D eigenvalue weighted by Crippen LogP contribution is 2.44. The van der Waals surface area contributed by atoms with Crippen molar-refractivity contribution in [1.29, 1.82) is 0 Å². The molecule has 3 heterocycles. The van der Waals surface area contributed by atoms with Gasteiger partial charge in [0.15, 0.2) is 0 Å². The van der Waals surface area contributed by atoms with Crippen LogP contribution >= 0.6 is 11.3 Å². The highest BCUT2D eigenvalue weighted by atomic mass is 32.1. The number of ether oxygens (including phenoxy) is 1. The molecule has 1 aliphatic carbocycles. The summed E-state index contributed by atoms with van der Waals surface area (Å²) in [5.74, 6) is 0.106. The lowest BCUT2D eigenvalue weighted by atomic mass is 9.72. The van der Waals surface area contributed by atoms with E-state index in [1.165, 1.54) is 29.5 Å². The first kappa shape index (κ1) is 28.3. The number of pyridine rings is 2. The van der Waals surface area contributed by atoms with Crippen molar-refractivity contribution >= 4 is 28.2 Å². The Morgan fingerprint density at radius 2 is 1.76 bits per heavy atom. The molecule has 1 saturated carbocycles. The number of hydrogen-bond donors (Lipinski definition) is 1. The van der Waals surface area contributed by atoms with Crippen molar-refractivity contribution in [3.8, 4) is 5.75 Å². The van der Waals surface area contributed by atoms with E-state index in [9.17, 15) is 22.8 Å². The van der Waals surface area contributed by atoms with Crippen LogP contribution in [0.15, 0.2) is 67.0 Å². The number of carbonyl (C=O) groups excluding carboxylic acids is 2. The zero-order valence-corrected chi connectivity index (χ0v) is 22.6. The third kappa shape index (κ3) is 8.40. The monoisotopic (exact) mass is 581 g/mol. The third-order valence-corrected chi connectivity index (χ3v) is 7.66. The summed E-state index contributed by atoms with van der Waals surface area (Å²) in [5.41, 5.74) is 2.82. The molecular weight excluding hydrogens is 555 g/mol. The van der Waals surface area contributed by atoms with E-state index in [2.05, 4.69) is 30.2 Å². The number of amides is 1. The molecule has 1 amide bonds. The number of anilines is 1. The summed E-state index contributed by atoms with van der Waals surface area (Å²) in [6, 6.07) is 14.6. The summed E-state index contributed by atoms with van der Waals surface area (Å²) in [6.07, 6.45) is 1.69. The van der Waals surface area contributed by atoms with Gasteiger partial charge in [0.2, 0.25) is 11.0 Å². The smallest absolute Gasteiger partial charge is 0.406 e. The van der Waals surface area contributed by atoms with Gasteiger partial charge in [-0.3, -0.25) is 19.6 Å². The number of aromatic nitrogens is 4. The topological polar surface area (TPSA) is 107 Å². The van der Waals surface area contributed by atoms with Gasteiger partial charge in [0.05, 0.1) is 6.42 Å². The van der Waals surface area contributed by atoms with E-state index >= 15 is 0 Å². The molecule has 0 saturated heterocycles. The van der Waals surface area contributed by atoms with Crippen molar-refractivity contribution in [2.75, 3.05) is 5.32 Å². The number of benzene rings is 1. The van der Waals surface area contributed by atoms with E-state index in [-0.39, 0.29) is 36.7 Å². The number of Topliss-reactive ketones (excluding diaryl/α,β-unsaturated/α-hetero) is 1. The summed E-state index contributed by atoms with van der Waals surface area (Å²) in [6.45, 7) is 0. The minimum Gasteiger partial charge on any atom is -0.406 e. The highest BCUT2D eigenvalue weighted by molar-refractivity contribution is 7.15. The molecule has 1 aliphatic rings. The average molecular weight is 582 g/mol. The van der Waals surface area contributed by atoms with E-state index in [1.54, 1.807) is 30.6 Å². The largest absolute Gasteiger partial charge is 0.573 e. The van der Waals surface area contributed by atoms with E-state index in [0.29, 0.717) is 33.9 Å². The molecule has 0 bridgehead atoms. The second-order valence-corrected chi connectivity index (χ2v) is 11.0. The van der Waals surface area contributed by atoms with Crippen molar-refractivity contribution in [1.82, 2.24) is 20.2 Å². The molecule has 1 N–H and O–H groups in total. The molecule has 8 nitrogen and oxygen atoms in total. The Bertz CT molecular complexity index is 1490. The van der Waals surface area contributed by atoms with Crippen molar-refractivity contribution in [3.63, 3.8) is 0 Å². The standard InChI is InChI=1S/C29H26F3N5O3S/c30-29(31,32)40-25-6-3-4-18(14-25)13-24(38)15-23-8-7-19(17-34-23)10-20-11-21(12-20)27-36-37-28(41-27)35-26(39)16-22-5-1-2-9-33-22/h1-9,14,17,20-21H,10-13,15-16H2,(H,35,37,39). The number of halogens is 3. The second kappa shape index (κ2) is 12.5. The molecule has 0 atom stereocenters. The maximum Gasteiger partial charge on any atom is 0.573 e. The maximum absolute atomic E-state index is 12.5. The normalized spacial score (nSPS) is 16.6. The molecule has 0 aliphatic heterocycles. The van der Waals surface area contributed by atoms with Crippen LogP contribution in [0.5, 0.6) is 5.75 Å². The minimum absolute atomic E-state index is 0.0107. The predicted molar refractivity (Wildman–Crippen MR) is 145 cm³/mol. The lowest BCUT2D eigenvalue weighted by molar-refractivity contribution is -0.274. The van der Waals surface area contributed by atoms with Crippen LogP contribution in [0, 0.1) is 5.92 Å². The summed E-state index contributed by atoms with van der Waals surface area (Å²) < 4.78 is 41.2. The highest BCUT2D eigenvalue weighted by Gasteiger charge is 2.33. The van der Waals surface area contributed by atoms with Gasteiger partial charge in [0, 0.05) is 42.5 Å². The predicted octanol–water partition coefficient (Wildman–Crippen LogP) is 5.50. The lowest BCUT2D eigenvalue weighted by Crippen LogP contribution is -2.23. The number of nitrogens with zero attached hydrogens (tertiary/aromatic N) is 4. The van der Waals surface area contributed by atoms with Crippen LogP contribution in [0.2, 0.25) is 0 Å². The van der Waals surface area contributed by atoms with Crippen LogP contribution in [-0.2, 0) is 35.3 Å². The van der Waals surface area contributed by atoms with Crippen LogP contribution in [-0.4, -0.2) is 38.2 Å². The molecule has 3 aromatic heterocycles. The second-order valence-electron chi connectivity index (χ2n) is 9.98. The molecule has 12 heteroatoms. The van der Waals surface area contributed by atoms with Gasteiger partial charge in [0.25, 0.3) is 0 Å². The number of ketones is 1. The third-order valence-electron chi connectivity index (χ3n) is 6.66. The fourth-order valence-electron chi connectivity index (χ4n) is 4.74. The minimum atomic E-state index is -4.78. The van der Waals surface area contributed by atoms with Gasteiger partial charge in [-0.2, -0.15) is 0 Å². The van der Waals surface area contributed by atoms with Crippen molar-refractivity contribution < 1.29 is 27.5 Å². The van der Waals surface area contributed by atoms with Crippen LogP contribution in [0.3, 0.4) is 0 Å². The zero-order valence-electron chi connectivity index (χ0n) is 21.8. The zero-order chi connectivity index (χ0) is 28.8. The number of hydrogen-bond acceptors (Lipinski definition) is 8. The number of alkyl halides is 3. The fourth-order valence-corrected chi connectivity index (χ4v) is 5.63. The summed E-state index contributed by atoms with van der Waals surface area (Å²) in [5, 5.41) is 12.6. The Morgan fingerprint density at radius 3 is 2.49 bits per heavy atom. The summed E-state index contributed by atoms with van der Waals surface area (Å²) in [7, 11) is 0. The van der Waals surface area contributed by atoms with Gasteiger partial charge in [-0.1, -0.05) is 35.6 Å². The molecule has 1 fully saturated rings. The summed E-state index contributed by atoms with van der Waals surface area (Å²) >= 11 is 1.40. The van der Waals surface area contributed by atoms with Crippen LogP contribution in [0.4, 0.5) is 18.3 Å².